The molecule has 0 saturated heterocycles. The van der Waals surface area contributed by atoms with E-state index in [2.05, 4.69) is 5.32 Å². The first-order valence-electron chi connectivity index (χ1n) is 13.2. The first kappa shape index (κ1) is 35.7. The van der Waals surface area contributed by atoms with Crippen LogP contribution in [-0.2, 0) is 37.5 Å². The topological polar surface area (TPSA) is 117 Å². The molecular weight excluding hydrogens is 655 g/mol. The number of nitrogens with one attached hydrogen (secondary N) is 1. The predicted molar refractivity (Wildman–Crippen MR) is 169 cm³/mol. The average Bonchev–Trinajstić information content (AvgIpc) is 3.32. The quantitative estimate of drug-likeness (QED) is 0.121. The maximum absolute atomic E-state index is 14.6. The minimum atomic E-state index is -4.67. The lowest BCUT2D eigenvalue weighted by Crippen LogP contribution is -2.29. The smallest absolute Gasteiger partial charge is 0.353 e. The number of ether oxygens (including phenoxy) is 2. The Labute approximate surface area is 269 Å². The number of amides is 1. The summed E-state index contributed by atoms with van der Waals surface area (Å²) in [5.74, 6) is -2.91. The number of hydrogen-bond donors (Lipinski definition) is 1. The second kappa shape index (κ2) is 14.5. The minimum Gasteiger partial charge on any atom is -0.438 e. The minimum absolute atomic E-state index is 0.0842. The van der Waals surface area contributed by atoms with Crippen LogP contribution in [0.25, 0.3) is 16.2 Å². The highest BCUT2D eigenvalue weighted by Gasteiger charge is 2.45. The third-order valence-electron chi connectivity index (χ3n) is 5.96. The van der Waals surface area contributed by atoms with E-state index in [1.807, 2.05) is 0 Å². The lowest BCUT2D eigenvalue weighted by atomic mass is 9.98. The molecule has 3 aromatic rings. The molecule has 2 aromatic carbocycles. The van der Waals surface area contributed by atoms with Crippen molar-refractivity contribution in [3.05, 3.63) is 75.0 Å². The fourth-order valence-electron chi connectivity index (χ4n) is 3.56. The molecule has 0 aliphatic heterocycles. The maximum atomic E-state index is 14.6. The van der Waals surface area contributed by atoms with E-state index >= 15 is 0 Å². The fourth-order valence-corrected chi connectivity index (χ4v) is 6.67. The van der Waals surface area contributed by atoms with Gasteiger partial charge in [0.15, 0.2) is 5.66 Å². The van der Waals surface area contributed by atoms with Crippen LogP contribution in [0.2, 0.25) is 10.0 Å². The average molecular weight is 689 g/mol. The van der Waals surface area contributed by atoms with Crippen LogP contribution in [0.4, 0.5) is 4.39 Å². The molecule has 9 nitrogen and oxygen atoms in total. The third-order valence-corrected chi connectivity index (χ3v) is 9.55. The highest BCUT2D eigenvalue weighted by atomic mass is 35.5. The van der Waals surface area contributed by atoms with Crippen molar-refractivity contribution in [2.75, 3.05) is 13.6 Å². The summed E-state index contributed by atoms with van der Waals surface area (Å²) in [4.78, 5) is 38.6. The molecule has 44 heavy (non-hydrogen) atoms. The number of hydrogen-bond acceptors (Lipinski definition) is 9. The van der Waals surface area contributed by atoms with Gasteiger partial charge in [0.2, 0.25) is 19.5 Å². The van der Waals surface area contributed by atoms with E-state index in [9.17, 15) is 23.3 Å². The van der Waals surface area contributed by atoms with Gasteiger partial charge >= 0.3 is 19.5 Å². The zero-order chi connectivity index (χ0) is 32.9. The van der Waals surface area contributed by atoms with E-state index in [0.717, 1.165) is 6.20 Å². The normalized spacial score (nSPS) is 13.2. The van der Waals surface area contributed by atoms with Gasteiger partial charge in [-0.2, -0.15) is 0 Å². The number of halogens is 3. The van der Waals surface area contributed by atoms with Crippen molar-refractivity contribution in [3.8, 4) is 0 Å². The first-order chi connectivity index (χ1) is 20.4. The molecule has 1 amide bonds. The number of carbonyl (C=O) groups excluding carboxylic acids is 3. The zero-order valence-corrected chi connectivity index (χ0v) is 28.2. The number of carbonyl (C=O) groups is 3. The number of esters is 2. The summed E-state index contributed by atoms with van der Waals surface area (Å²) in [5, 5.41) is 4.81. The Morgan fingerprint density at radius 2 is 1.57 bits per heavy atom. The SMILES string of the molecule is CC(C)(C)C(=O)OCOP(=O)(OCOC(=O)C(C)(C)C)C(C(=O)NC=Cc1cccc(Cl)c1F)c1csc2ccc(Cl)cc12. The Hall–Kier alpha value is -2.79. The van der Waals surface area contributed by atoms with Gasteiger partial charge in [0.05, 0.1) is 15.9 Å². The van der Waals surface area contributed by atoms with Gasteiger partial charge in [0, 0.05) is 21.5 Å². The highest BCUT2D eigenvalue weighted by Crippen LogP contribution is 2.62. The molecule has 0 fully saturated rings. The summed E-state index contributed by atoms with van der Waals surface area (Å²) in [6.07, 6.45) is 2.41. The Morgan fingerprint density at radius 1 is 0.977 bits per heavy atom. The van der Waals surface area contributed by atoms with Crippen molar-refractivity contribution in [1.82, 2.24) is 5.32 Å². The largest absolute Gasteiger partial charge is 0.438 e. The molecule has 0 aliphatic carbocycles. The van der Waals surface area contributed by atoms with Crippen LogP contribution in [-0.4, -0.2) is 31.4 Å². The molecular formula is C30H33Cl2FNO8PS. The van der Waals surface area contributed by atoms with Crippen molar-refractivity contribution >= 4 is 76.1 Å². The molecule has 0 aliphatic rings. The molecule has 1 unspecified atom stereocenters. The summed E-state index contributed by atoms with van der Waals surface area (Å²) >= 11 is 13.3. The van der Waals surface area contributed by atoms with Gasteiger partial charge in [0.25, 0.3) is 0 Å². The van der Waals surface area contributed by atoms with Gasteiger partial charge in [-0.15, -0.1) is 11.3 Å². The molecule has 1 atom stereocenters. The summed E-state index contributed by atoms with van der Waals surface area (Å²) in [5.41, 5.74) is -3.19. The van der Waals surface area contributed by atoms with Crippen LogP contribution in [0.15, 0.2) is 48.0 Å². The Balaban J connectivity index is 2.04. The molecule has 0 radical (unpaired) electrons. The van der Waals surface area contributed by atoms with Gasteiger partial charge in [-0.1, -0.05) is 35.3 Å². The van der Waals surface area contributed by atoms with Gasteiger partial charge in [-0.25, -0.2) is 4.39 Å². The van der Waals surface area contributed by atoms with Crippen molar-refractivity contribution in [2.24, 2.45) is 10.8 Å². The van der Waals surface area contributed by atoms with E-state index in [4.69, 9.17) is 41.7 Å². The van der Waals surface area contributed by atoms with Crippen molar-refractivity contribution in [1.29, 1.82) is 0 Å². The molecule has 1 N–H and O–H groups in total. The van der Waals surface area contributed by atoms with Crippen molar-refractivity contribution in [3.63, 3.8) is 0 Å². The number of benzene rings is 2. The highest BCUT2D eigenvalue weighted by molar-refractivity contribution is 7.55. The molecule has 14 heteroatoms. The second-order valence-corrected chi connectivity index (χ2v) is 15.5. The third kappa shape index (κ3) is 9.12. The fraction of sp³-hybridized carbons (Fsp3) is 0.367. The lowest BCUT2D eigenvalue weighted by Gasteiger charge is -2.27. The van der Waals surface area contributed by atoms with Gasteiger partial charge < -0.3 is 14.8 Å². The predicted octanol–water partition coefficient (Wildman–Crippen LogP) is 8.50. The zero-order valence-electron chi connectivity index (χ0n) is 24.9. The monoisotopic (exact) mass is 687 g/mol. The molecule has 0 spiro atoms. The Kier molecular flexibility index (Phi) is 11.8. The van der Waals surface area contributed by atoms with Gasteiger partial charge in [-0.3, -0.25) is 28.0 Å². The van der Waals surface area contributed by atoms with Crippen LogP contribution < -0.4 is 5.32 Å². The van der Waals surface area contributed by atoms with E-state index < -0.39 is 61.3 Å². The standard InChI is InChI=1S/C30H33Cl2FNO8PS/c1-29(2,3)27(36)39-16-41-43(38,42-17-40-28(37)30(4,5)6)25(21-15-44-23-11-10-19(31)14-20(21)23)26(35)34-13-12-18-8-7-9-22(32)24(18)33/h7-15,25H,16-17H2,1-6H3,(H,34,35). The van der Waals surface area contributed by atoms with Crippen LogP contribution in [0.3, 0.4) is 0 Å². The van der Waals surface area contributed by atoms with Crippen LogP contribution >= 0.6 is 42.1 Å². The van der Waals surface area contributed by atoms with Crippen LogP contribution in [0.5, 0.6) is 0 Å². The van der Waals surface area contributed by atoms with Gasteiger partial charge in [-0.05, 0) is 88.2 Å². The number of fused-ring (bicyclic) bond motifs is 1. The summed E-state index contributed by atoms with van der Waals surface area (Å²) in [7, 11) is -4.67. The van der Waals surface area contributed by atoms with E-state index in [-0.39, 0.29) is 16.1 Å². The summed E-state index contributed by atoms with van der Waals surface area (Å²) in [6.45, 7) is 8.02. The van der Waals surface area contributed by atoms with Crippen LogP contribution in [0, 0.1) is 16.6 Å². The number of rotatable bonds is 11. The molecule has 0 bridgehead atoms. The van der Waals surface area contributed by atoms with E-state index in [1.54, 1.807) is 65.1 Å². The van der Waals surface area contributed by atoms with Crippen molar-refractivity contribution < 1.29 is 41.9 Å². The van der Waals surface area contributed by atoms with E-state index in [0.29, 0.717) is 15.1 Å². The molecule has 238 valence electrons. The molecule has 1 heterocycles. The molecule has 0 saturated carbocycles. The summed E-state index contributed by atoms with van der Waals surface area (Å²) in [6, 6.07) is 9.32. The Bertz CT molecular complexity index is 1580. The second-order valence-electron chi connectivity index (χ2n) is 11.6. The lowest BCUT2D eigenvalue weighted by molar-refractivity contribution is -0.162. The van der Waals surface area contributed by atoms with Gasteiger partial charge in [0.1, 0.15) is 5.82 Å². The summed E-state index contributed by atoms with van der Waals surface area (Å²) < 4.78 is 51.1. The van der Waals surface area contributed by atoms with Crippen LogP contribution in [0.1, 0.15) is 58.3 Å². The molecule has 3 rings (SSSR count). The molecule has 1 aromatic heterocycles. The maximum Gasteiger partial charge on any atom is 0.353 e. The Morgan fingerprint density at radius 3 is 2.14 bits per heavy atom. The first-order valence-corrected chi connectivity index (χ1v) is 16.5. The number of thiophene rings is 1. The van der Waals surface area contributed by atoms with Crippen molar-refractivity contribution in [2.45, 2.75) is 47.2 Å². The van der Waals surface area contributed by atoms with E-state index in [1.165, 1.54) is 35.6 Å².